The van der Waals surface area contributed by atoms with E-state index < -0.39 is 0 Å². The van der Waals surface area contributed by atoms with Gasteiger partial charge in [-0.3, -0.25) is 0 Å². The first-order valence-corrected chi connectivity index (χ1v) is 1.94. The maximum atomic E-state index is 8.42. The van der Waals surface area contributed by atoms with Gasteiger partial charge in [0.15, 0.2) is 0 Å². The second-order valence-electron chi connectivity index (χ2n) is 0. The van der Waals surface area contributed by atoms with Crippen LogP contribution in [0.4, 0.5) is 0 Å². The molecule has 0 spiro atoms. The smallest absolute Gasteiger partial charge is 0 e. The molecule has 0 unspecified atom stereocenters. The summed E-state index contributed by atoms with van der Waals surface area (Å²) in [6.07, 6.45) is 0. The van der Waals surface area contributed by atoms with E-state index in [9.17, 15) is 0 Å². The van der Waals surface area contributed by atoms with Gasteiger partial charge in [-0.15, -0.1) is 0 Å². The summed E-state index contributed by atoms with van der Waals surface area (Å²) in [5, 5.41) is 0. The molecule has 0 saturated heterocycles. The van der Waals surface area contributed by atoms with Crippen LogP contribution in [0.2, 0.25) is 0 Å². The van der Waals surface area contributed by atoms with E-state index >= 15 is 0 Å². The second-order valence-corrected chi connectivity index (χ2v) is 0. The number of hydrogen-bond donors (Lipinski definition) is 0. The molecule has 0 rings (SSSR count). The van der Waals surface area contributed by atoms with Crippen molar-refractivity contribution in [2.75, 3.05) is 0 Å². The van der Waals surface area contributed by atoms with Crippen LogP contribution in [0.25, 0.3) is 0 Å². The molecule has 0 aliphatic heterocycles. The molecule has 0 heterocycles. The Kier molecular flexibility index (Phi) is 158. The molecule has 0 fully saturated rings. The van der Waals surface area contributed by atoms with Gasteiger partial charge in [0, 0.05) is 19.5 Å². The summed E-state index contributed by atoms with van der Waals surface area (Å²) in [7, 11) is 0. The van der Waals surface area contributed by atoms with E-state index in [2.05, 4.69) is 0 Å². The number of hydrogen-bond acceptors (Lipinski definition) is 1. The molecule has 0 aromatic rings. The van der Waals surface area contributed by atoms with Crippen LogP contribution >= 0.6 is 0 Å². The van der Waals surface area contributed by atoms with Crippen LogP contribution in [-0.2, 0) is 22.3 Å². The Morgan fingerprint density at radius 2 is 1.00 bits per heavy atom. The monoisotopic (exact) mass is 340 g/mol. The van der Waals surface area contributed by atoms with Crippen molar-refractivity contribution in [1.29, 1.82) is 0 Å². The van der Waals surface area contributed by atoms with E-state index in [1.165, 1.54) is 0 Å². The molecular weight excluding hydrogens is 336 g/mol. The maximum Gasteiger partial charge on any atom is 0 e. The summed E-state index contributed by atoms with van der Waals surface area (Å²) in [5.74, 6) is 0. The molecule has 0 bridgehead atoms. The van der Waals surface area contributed by atoms with Crippen molar-refractivity contribution < 1.29 is 22.3 Å². The fraction of sp³-hybridized carbons (Fsp3) is 0. The minimum Gasteiger partial charge on any atom is 0 e. The molecule has 0 atom stereocenters. The van der Waals surface area contributed by atoms with Gasteiger partial charge in [0.2, 0.25) is 0 Å². The molecule has 1 nitrogen and oxygen atoms in total. The number of rotatable bonds is 0. The molecule has 0 aliphatic carbocycles. The normalized spacial score (nSPS) is 0.600. The van der Waals surface area contributed by atoms with Crippen LogP contribution in [-0.4, -0.2) is 64.0 Å². The third kappa shape index (κ3) is 20.8. The van der Waals surface area contributed by atoms with Crippen molar-refractivity contribution >= 4 is 64.0 Å². The Morgan fingerprint density at radius 3 is 1.00 bits per heavy atom. The van der Waals surface area contributed by atoms with E-state index in [-0.39, 0.29) is 83.4 Å². The average molecular weight is 343 g/mol. The van der Waals surface area contributed by atoms with E-state index in [4.69, 9.17) is 2.85 Å². The maximum absolute atomic E-state index is 8.42. The van der Waals surface area contributed by atoms with Crippen molar-refractivity contribution in [2.45, 2.75) is 0 Å². The largest absolute Gasteiger partial charge is 0 e. The molecule has 0 saturated carbocycles. The van der Waals surface area contributed by atoms with Crippen molar-refractivity contribution in [3.63, 3.8) is 0 Å². The van der Waals surface area contributed by atoms with Crippen LogP contribution in [0.15, 0.2) is 0 Å². The first kappa shape index (κ1) is 25.7. The van der Waals surface area contributed by atoms with E-state index in [0.29, 0.717) is 0 Å². The van der Waals surface area contributed by atoms with Crippen molar-refractivity contribution in [1.82, 2.24) is 0 Å². The molecule has 0 amide bonds. The summed E-state index contributed by atoms with van der Waals surface area (Å²) >= 11 is -0.1000. The van der Waals surface area contributed by atoms with Gasteiger partial charge in [-0.1, -0.05) is 0 Å². The fourth-order valence-corrected chi connectivity index (χ4v) is 0. The summed E-state index contributed by atoms with van der Waals surface area (Å²) in [6.45, 7) is 0. The van der Waals surface area contributed by atoms with E-state index in [1.54, 1.807) is 0 Å². The summed E-state index contributed by atoms with van der Waals surface area (Å²) in [5.41, 5.74) is 0. The SMILES string of the molecule is [GaH3].[GaH3].[O]=[InH].[Zn]. The van der Waals surface area contributed by atoms with Gasteiger partial charge >= 0.3 is 66.8 Å². The zero-order valence-corrected chi connectivity index (χ0v) is 8.83. The first-order valence-electron chi connectivity index (χ1n) is 0.289. The fourth-order valence-electron chi connectivity index (χ4n) is 0. The van der Waals surface area contributed by atoms with Crippen LogP contribution in [0.5, 0.6) is 0 Å². The van der Waals surface area contributed by atoms with Crippen LogP contribution in [0.1, 0.15) is 0 Å². The third-order valence-corrected chi connectivity index (χ3v) is 0. The van der Waals surface area contributed by atoms with Gasteiger partial charge in [-0.05, 0) is 0 Å². The van der Waals surface area contributed by atoms with Crippen molar-refractivity contribution in [3.05, 3.63) is 0 Å². The van der Waals surface area contributed by atoms with E-state index in [0.717, 1.165) is 0 Å². The minimum absolute atomic E-state index is 0. The average Bonchev–Trinajstić information content (AvgIpc) is 1.00. The molecule has 0 aromatic carbocycles. The van der Waals surface area contributed by atoms with Gasteiger partial charge in [0.25, 0.3) is 0 Å². The van der Waals surface area contributed by atoms with Crippen LogP contribution in [0.3, 0.4) is 0 Å². The minimum atomic E-state index is -0.1000. The zero-order chi connectivity index (χ0) is 2.00. The molecular formula is H7Ga2InOZn. The summed E-state index contributed by atoms with van der Waals surface area (Å²) in [6, 6.07) is 0. The van der Waals surface area contributed by atoms with Gasteiger partial charge in [0.05, 0.1) is 0 Å². The quantitative estimate of drug-likeness (QED) is 0.425. The Labute approximate surface area is 84.9 Å². The van der Waals surface area contributed by atoms with Gasteiger partial charge in [-0.25, -0.2) is 0 Å². The van der Waals surface area contributed by atoms with Crippen molar-refractivity contribution in [3.8, 4) is 0 Å². The standard InChI is InChI=1S/2Ga.In.O.Zn.7H. The predicted molar refractivity (Wildman–Crippen MR) is 27.7 cm³/mol. The predicted octanol–water partition coefficient (Wildman–Crippen LogP) is -3.14. The Morgan fingerprint density at radius 1 is 1.00 bits per heavy atom. The molecule has 5 heteroatoms. The van der Waals surface area contributed by atoms with Crippen LogP contribution < -0.4 is 0 Å². The Bertz CT molecular complexity index is 9.61. The van der Waals surface area contributed by atoms with Crippen LogP contribution in [0, 0.1) is 0 Å². The van der Waals surface area contributed by atoms with Gasteiger partial charge in [0.1, 0.15) is 0 Å². The second kappa shape index (κ2) is 30.9. The first-order chi connectivity index (χ1) is 1.00. The molecule has 24 valence electrons. The van der Waals surface area contributed by atoms with Gasteiger partial charge < -0.3 is 0 Å². The zero-order valence-electron chi connectivity index (χ0n) is 1.82. The molecule has 0 aliphatic rings. The summed E-state index contributed by atoms with van der Waals surface area (Å²) in [4.78, 5) is 0. The summed E-state index contributed by atoms with van der Waals surface area (Å²) < 4.78 is 8.42. The Balaban J connectivity index is -0.00000000167. The molecule has 0 N–H and O–H groups in total. The molecule has 5 heavy (non-hydrogen) atoms. The van der Waals surface area contributed by atoms with E-state index in [1.807, 2.05) is 0 Å². The third-order valence-electron chi connectivity index (χ3n) is 0. The van der Waals surface area contributed by atoms with Crippen molar-refractivity contribution in [2.24, 2.45) is 0 Å². The molecule has 0 aromatic heterocycles. The molecule has 0 radical (unpaired) electrons. The van der Waals surface area contributed by atoms with Gasteiger partial charge in [-0.2, -0.15) is 0 Å². The Hall–Kier alpha value is 2.57. The topological polar surface area (TPSA) is 17.1 Å².